The lowest BCUT2D eigenvalue weighted by molar-refractivity contribution is 0.409. The minimum atomic E-state index is 0.584. The second-order valence-corrected chi connectivity index (χ2v) is 6.90. The number of fused-ring (bicyclic) bond motifs is 1. The molecule has 1 aliphatic carbocycles. The summed E-state index contributed by atoms with van der Waals surface area (Å²) in [4.78, 5) is 7.07. The van der Waals surface area contributed by atoms with Crippen molar-refractivity contribution in [1.82, 2.24) is 10.3 Å². The number of pyridine rings is 1. The number of hydrogen-bond donors (Lipinski definition) is 1. The van der Waals surface area contributed by atoms with E-state index < -0.39 is 0 Å². The van der Waals surface area contributed by atoms with Gasteiger partial charge < -0.3 is 10.2 Å². The molecular formula is C20H25N3. The molecule has 4 rings (SSSR count). The maximum Gasteiger partial charge on any atom is 0.0723 e. The molecule has 1 aromatic heterocycles. The summed E-state index contributed by atoms with van der Waals surface area (Å²) in [7, 11) is 0. The molecule has 0 amide bonds. The van der Waals surface area contributed by atoms with Gasteiger partial charge >= 0.3 is 0 Å². The molecule has 0 spiro atoms. The Morgan fingerprint density at radius 1 is 1.09 bits per heavy atom. The summed E-state index contributed by atoms with van der Waals surface area (Å²) < 4.78 is 0. The fourth-order valence-electron chi connectivity index (χ4n) is 3.62. The molecule has 0 radical (unpaired) electrons. The lowest BCUT2D eigenvalue weighted by atomic mass is 9.95. The van der Waals surface area contributed by atoms with Gasteiger partial charge in [-0.05, 0) is 37.5 Å². The Morgan fingerprint density at radius 2 is 1.91 bits per heavy atom. The molecule has 1 saturated heterocycles. The summed E-state index contributed by atoms with van der Waals surface area (Å²) in [5.41, 5.74) is 4.49. The lowest BCUT2D eigenvalue weighted by Gasteiger charge is -2.33. The van der Waals surface area contributed by atoms with E-state index in [1.807, 2.05) is 6.20 Å². The molecule has 1 aromatic carbocycles. The molecule has 2 fully saturated rings. The lowest BCUT2D eigenvalue weighted by Crippen LogP contribution is -2.36. The Morgan fingerprint density at radius 3 is 2.65 bits per heavy atom. The van der Waals surface area contributed by atoms with Gasteiger partial charge in [-0.25, -0.2) is 0 Å². The number of aromatic nitrogens is 1. The Kier molecular flexibility index (Phi) is 3.94. The highest BCUT2D eigenvalue weighted by molar-refractivity contribution is 5.85. The van der Waals surface area contributed by atoms with E-state index in [1.54, 1.807) is 0 Å². The minimum absolute atomic E-state index is 0.584. The van der Waals surface area contributed by atoms with E-state index in [2.05, 4.69) is 46.0 Å². The van der Waals surface area contributed by atoms with Gasteiger partial charge in [0.05, 0.1) is 5.52 Å². The van der Waals surface area contributed by atoms with Crippen LogP contribution in [0, 0.1) is 0 Å². The predicted molar refractivity (Wildman–Crippen MR) is 97.6 cm³/mol. The summed E-state index contributed by atoms with van der Waals surface area (Å²) in [6.45, 7) is 6.58. The van der Waals surface area contributed by atoms with Crippen LogP contribution in [-0.4, -0.2) is 24.1 Å². The van der Waals surface area contributed by atoms with Crippen LogP contribution in [0.1, 0.15) is 44.1 Å². The van der Waals surface area contributed by atoms with Crippen LogP contribution in [0.5, 0.6) is 0 Å². The molecule has 23 heavy (non-hydrogen) atoms. The highest BCUT2D eigenvalue weighted by atomic mass is 15.2. The van der Waals surface area contributed by atoms with E-state index in [0.717, 1.165) is 16.8 Å². The van der Waals surface area contributed by atoms with Crippen LogP contribution in [0.15, 0.2) is 37.0 Å². The van der Waals surface area contributed by atoms with Crippen molar-refractivity contribution in [3.8, 4) is 0 Å². The van der Waals surface area contributed by atoms with Gasteiger partial charge in [0.15, 0.2) is 0 Å². The summed E-state index contributed by atoms with van der Waals surface area (Å²) in [5, 5.41) is 4.80. The molecule has 1 saturated carbocycles. The van der Waals surface area contributed by atoms with Crippen LogP contribution >= 0.6 is 0 Å². The van der Waals surface area contributed by atoms with Crippen molar-refractivity contribution in [1.29, 1.82) is 0 Å². The van der Waals surface area contributed by atoms with E-state index >= 15 is 0 Å². The predicted octanol–water partition coefficient (Wildman–Crippen LogP) is 4.34. The molecule has 2 heterocycles. The molecule has 1 aliphatic heterocycles. The molecule has 3 nitrogen and oxygen atoms in total. The Labute approximate surface area is 138 Å². The van der Waals surface area contributed by atoms with Gasteiger partial charge in [-0.3, -0.25) is 4.98 Å². The first kappa shape index (κ1) is 14.6. The summed E-state index contributed by atoms with van der Waals surface area (Å²) in [6.07, 6.45) is 9.83. The number of hydrogen-bond acceptors (Lipinski definition) is 3. The van der Waals surface area contributed by atoms with Crippen molar-refractivity contribution in [3.63, 3.8) is 0 Å². The molecule has 2 aromatic rings. The van der Waals surface area contributed by atoms with Crippen molar-refractivity contribution >= 4 is 22.3 Å². The third-order valence-corrected chi connectivity index (χ3v) is 5.22. The Balaban J connectivity index is 1.52. The zero-order valence-electron chi connectivity index (χ0n) is 13.7. The van der Waals surface area contributed by atoms with E-state index in [1.165, 1.54) is 62.7 Å². The van der Waals surface area contributed by atoms with Crippen molar-refractivity contribution in [2.45, 2.75) is 44.6 Å². The quantitative estimate of drug-likeness (QED) is 0.911. The van der Waals surface area contributed by atoms with Crippen LogP contribution in [-0.2, 0) is 0 Å². The summed E-state index contributed by atoms with van der Waals surface area (Å²) >= 11 is 0. The zero-order chi connectivity index (χ0) is 15.6. The van der Waals surface area contributed by atoms with Crippen molar-refractivity contribution < 1.29 is 0 Å². The maximum absolute atomic E-state index is 4.67. The van der Waals surface area contributed by atoms with Crippen LogP contribution < -0.4 is 10.2 Å². The number of nitrogens with one attached hydrogen (secondary N) is 1. The third kappa shape index (κ3) is 3.05. The fourth-order valence-corrected chi connectivity index (χ4v) is 3.62. The van der Waals surface area contributed by atoms with Crippen LogP contribution in [0.4, 0.5) is 5.69 Å². The highest BCUT2D eigenvalue weighted by Crippen LogP contribution is 2.26. The number of benzene rings is 1. The molecule has 1 N–H and O–H groups in total. The second kappa shape index (κ2) is 6.23. The van der Waals surface area contributed by atoms with E-state index in [0.29, 0.717) is 6.04 Å². The zero-order valence-corrected chi connectivity index (χ0v) is 13.7. The Bertz CT molecular complexity index is 712. The van der Waals surface area contributed by atoms with Crippen molar-refractivity contribution in [2.75, 3.05) is 18.0 Å². The molecule has 0 unspecified atom stereocenters. The molecule has 0 bridgehead atoms. The molecule has 0 atom stereocenters. The average molecular weight is 307 g/mol. The van der Waals surface area contributed by atoms with E-state index in [9.17, 15) is 0 Å². The molecular weight excluding hydrogens is 282 g/mol. The molecule has 2 aliphatic rings. The number of nitrogens with zero attached hydrogens (tertiary/aromatic N) is 2. The second-order valence-electron chi connectivity index (χ2n) is 6.90. The first-order valence-corrected chi connectivity index (χ1v) is 8.90. The van der Waals surface area contributed by atoms with Gasteiger partial charge in [-0.2, -0.15) is 0 Å². The topological polar surface area (TPSA) is 28.2 Å². The van der Waals surface area contributed by atoms with E-state index in [-0.39, 0.29) is 0 Å². The normalized spacial score (nSPS) is 18.7. The van der Waals surface area contributed by atoms with Crippen LogP contribution in [0.25, 0.3) is 16.6 Å². The fraction of sp³-hybridized carbons (Fsp3) is 0.450. The van der Waals surface area contributed by atoms with Crippen molar-refractivity contribution in [2.24, 2.45) is 0 Å². The first-order chi connectivity index (χ1) is 11.3. The van der Waals surface area contributed by atoms with Crippen LogP contribution in [0.2, 0.25) is 0 Å². The van der Waals surface area contributed by atoms with Crippen molar-refractivity contribution in [3.05, 3.63) is 42.6 Å². The minimum Gasteiger partial charge on any atom is -0.382 e. The monoisotopic (exact) mass is 307 g/mol. The highest BCUT2D eigenvalue weighted by Gasteiger charge is 2.16. The van der Waals surface area contributed by atoms with Gasteiger partial charge in [0.25, 0.3) is 0 Å². The number of rotatable bonds is 4. The third-order valence-electron chi connectivity index (χ3n) is 5.22. The Hall–Kier alpha value is -2.03. The summed E-state index contributed by atoms with van der Waals surface area (Å²) in [6, 6.07) is 9.40. The van der Waals surface area contributed by atoms with Gasteiger partial charge in [-0.15, -0.1) is 0 Å². The van der Waals surface area contributed by atoms with Gasteiger partial charge in [0.1, 0.15) is 0 Å². The van der Waals surface area contributed by atoms with E-state index in [4.69, 9.17) is 0 Å². The smallest absolute Gasteiger partial charge is 0.0723 e. The maximum atomic E-state index is 4.67. The largest absolute Gasteiger partial charge is 0.382 e. The average Bonchev–Trinajstić information content (AvgIpc) is 2.53. The first-order valence-electron chi connectivity index (χ1n) is 8.90. The standard InChI is InChI=1S/C20H25N3/c1-15(22-18-6-3-2-4-7-18)17-12-16-8-9-19(23-10-5-11-23)13-20(16)21-14-17/h8-9,12-14,18,22H,1-7,10-11H2. The van der Waals surface area contributed by atoms with Gasteiger partial charge in [0.2, 0.25) is 0 Å². The molecule has 3 heteroatoms. The summed E-state index contributed by atoms with van der Waals surface area (Å²) in [5.74, 6) is 0. The SMILES string of the molecule is C=C(NC1CCCCC1)c1cnc2cc(N3CCC3)ccc2c1. The van der Waals surface area contributed by atoms with Gasteiger partial charge in [-0.1, -0.05) is 31.9 Å². The van der Waals surface area contributed by atoms with Gasteiger partial charge in [0, 0.05) is 47.7 Å². The number of anilines is 1. The van der Waals surface area contributed by atoms with Crippen LogP contribution in [0.3, 0.4) is 0 Å². The molecule has 120 valence electrons.